The van der Waals surface area contributed by atoms with E-state index in [0.29, 0.717) is 67.0 Å². The van der Waals surface area contributed by atoms with E-state index in [4.69, 9.17) is 0 Å². The van der Waals surface area contributed by atoms with Crippen molar-refractivity contribution in [1.82, 2.24) is 40.1 Å². The van der Waals surface area contributed by atoms with Crippen LogP contribution in [0, 0.1) is 5.82 Å². The molecule has 0 aliphatic carbocycles. The van der Waals surface area contributed by atoms with Crippen molar-refractivity contribution in [1.29, 1.82) is 0 Å². The zero-order chi connectivity index (χ0) is 43.5. The first-order valence-corrected chi connectivity index (χ1v) is 19.8. The summed E-state index contributed by atoms with van der Waals surface area (Å²) in [6.45, 7) is 7.48. The molecule has 61 heavy (non-hydrogen) atoms. The molecule has 19 heteroatoms. The van der Waals surface area contributed by atoms with Crippen molar-refractivity contribution in [3.63, 3.8) is 0 Å². The van der Waals surface area contributed by atoms with Gasteiger partial charge in [0.1, 0.15) is 35.1 Å². The molecule has 0 bridgehead atoms. The number of fused-ring (bicyclic) bond motifs is 1. The molecular formula is C42H45FN10O8. The number of phenolic OH excluding ortho intramolecular Hbond substituents is 2. The molecule has 5 amide bonds. The SMILES string of the molecule is CCCC(C(=O)NC=O)N1Cc2c(NC(=O)C3C=NC(C(=O)N4CCN(Cc5ccc(-n6c(O)nnc6-c6cc(C(C)C)c(O)cc6O)cc5F)CC4)=CN3)cccc2C1=O. The third-order valence-corrected chi connectivity index (χ3v) is 11.0. The average Bonchev–Trinajstić information content (AvgIpc) is 3.79. The molecule has 2 atom stereocenters. The van der Waals surface area contributed by atoms with Crippen LogP contribution in [-0.2, 0) is 32.3 Å². The van der Waals surface area contributed by atoms with Crippen LogP contribution in [0.25, 0.3) is 17.1 Å². The molecule has 1 fully saturated rings. The first kappa shape index (κ1) is 42.0. The van der Waals surface area contributed by atoms with Gasteiger partial charge in [0.2, 0.25) is 12.3 Å². The first-order chi connectivity index (χ1) is 29.3. The number of aromatic hydroxyl groups is 3. The number of imide groups is 1. The van der Waals surface area contributed by atoms with Gasteiger partial charge in [-0.2, -0.15) is 0 Å². The molecule has 1 saturated heterocycles. The number of benzene rings is 3. The first-order valence-electron chi connectivity index (χ1n) is 19.8. The van der Waals surface area contributed by atoms with E-state index < -0.39 is 35.7 Å². The number of nitrogens with zero attached hydrogens (tertiary/aromatic N) is 7. The Hall–Kier alpha value is -7.15. The molecule has 3 aliphatic rings. The summed E-state index contributed by atoms with van der Waals surface area (Å²) in [5.74, 6) is -2.75. The Morgan fingerprint density at radius 3 is 2.44 bits per heavy atom. The van der Waals surface area contributed by atoms with Gasteiger partial charge in [0.15, 0.2) is 5.82 Å². The maximum Gasteiger partial charge on any atom is 0.319 e. The van der Waals surface area contributed by atoms with Crippen molar-refractivity contribution in [3.8, 4) is 34.6 Å². The maximum absolute atomic E-state index is 15.6. The van der Waals surface area contributed by atoms with Crippen molar-refractivity contribution in [3.05, 3.63) is 88.5 Å². The molecular weight excluding hydrogens is 792 g/mol. The second-order valence-electron chi connectivity index (χ2n) is 15.2. The molecule has 3 aliphatic heterocycles. The lowest BCUT2D eigenvalue weighted by Gasteiger charge is -2.35. The monoisotopic (exact) mass is 836 g/mol. The third kappa shape index (κ3) is 8.49. The van der Waals surface area contributed by atoms with E-state index in [-0.39, 0.29) is 71.5 Å². The van der Waals surface area contributed by atoms with Gasteiger partial charge < -0.3 is 35.8 Å². The predicted octanol–water partition coefficient (Wildman–Crippen LogP) is 2.88. The van der Waals surface area contributed by atoms with E-state index in [9.17, 15) is 39.3 Å². The zero-order valence-electron chi connectivity index (χ0n) is 33.6. The highest BCUT2D eigenvalue weighted by Crippen LogP contribution is 2.39. The van der Waals surface area contributed by atoms with Crippen LogP contribution in [0.2, 0.25) is 0 Å². The summed E-state index contributed by atoms with van der Waals surface area (Å²) in [5, 5.41) is 47.1. The number of amides is 5. The number of nitrogens with one attached hydrogen (secondary N) is 3. The Bertz CT molecular complexity index is 2460. The second kappa shape index (κ2) is 17.6. The van der Waals surface area contributed by atoms with E-state index in [1.165, 1.54) is 34.0 Å². The van der Waals surface area contributed by atoms with E-state index in [0.717, 1.165) is 0 Å². The fourth-order valence-corrected chi connectivity index (χ4v) is 7.69. The Morgan fingerprint density at radius 1 is 1.00 bits per heavy atom. The quantitative estimate of drug-likeness (QED) is 0.107. The summed E-state index contributed by atoms with van der Waals surface area (Å²) in [4.78, 5) is 72.8. The number of piperazine rings is 1. The van der Waals surface area contributed by atoms with Crippen LogP contribution < -0.4 is 16.0 Å². The van der Waals surface area contributed by atoms with Gasteiger partial charge in [0, 0.05) is 80.1 Å². The summed E-state index contributed by atoms with van der Waals surface area (Å²) in [6.07, 6.45) is 3.93. The van der Waals surface area contributed by atoms with E-state index in [1.807, 2.05) is 25.7 Å². The van der Waals surface area contributed by atoms with Crippen LogP contribution in [0.5, 0.6) is 17.5 Å². The molecule has 2 unspecified atom stereocenters. The summed E-state index contributed by atoms with van der Waals surface area (Å²) < 4.78 is 16.8. The van der Waals surface area contributed by atoms with Crippen molar-refractivity contribution >= 4 is 41.9 Å². The van der Waals surface area contributed by atoms with Crippen LogP contribution in [0.1, 0.15) is 66.6 Å². The maximum atomic E-state index is 15.6. The fraction of sp³-hybridized carbons (Fsp3) is 0.333. The Balaban J connectivity index is 0.931. The Labute approximate surface area is 349 Å². The van der Waals surface area contributed by atoms with E-state index in [1.54, 1.807) is 41.3 Å². The molecule has 6 N–H and O–H groups in total. The molecule has 18 nitrogen and oxygen atoms in total. The van der Waals surface area contributed by atoms with Gasteiger partial charge in [0.05, 0.1) is 11.3 Å². The molecule has 318 valence electrons. The number of halogens is 1. The normalized spacial score (nSPS) is 16.8. The number of phenols is 2. The highest BCUT2D eigenvalue weighted by atomic mass is 19.1. The van der Waals surface area contributed by atoms with Gasteiger partial charge in [-0.1, -0.05) is 44.4 Å². The molecule has 1 aromatic heterocycles. The van der Waals surface area contributed by atoms with Gasteiger partial charge in [-0.3, -0.25) is 39.2 Å². The molecule has 3 aromatic carbocycles. The van der Waals surface area contributed by atoms with Gasteiger partial charge in [-0.25, -0.2) is 8.96 Å². The molecule has 0 radical (unpaired) electrons. The van der Waals surface area contributed by atoms with Gasteiger partial charge >= 0.3 is 6.01 Å². The summed E-state index contributed by atoms with van der Waals surface area (Å²) in [6, 6.07) is 9.76. The number of carbonyl (C=O) groups is 5. The number of aliphatic imine (C=N–C) groups is 1. The molecule has 0 saturated carbocycles. The van der Waals surface area contributed by atoms with E-state index >= 15 is 4.39 Å². The molecule has 0 spiro atoms. The number of hydrogen-bond acceptors (Lipinski definition) is 13. The summed E-state index contributed by atoms with van der Waals surface area (Å²) in [7, 11) is 0. The summed E-state index contributed by atoms with van der Waals surface area (Å²) >= 11 is 0. The Kier molecular flexibility index (Phi) is 12.1. The molecule has 7 rings (SSSR count). The largest absolute Gasteiger partial charge is 0.508 e. The lowest BCUT2D eigenvalue weighted by atomic mass is 9.98. The average molecular weight is 837 g/mol. The number of aromatic nitrogens is 3. The van der Waals surface area contributed by atoms with Gasteiger partial charge in [-0.15, -0.1) is 5.10 Å². The van der Waals surface area contributed by atoms with Crippen molar-refractivity contribution < 1.29 is 43.7 Å². The second-order valence-corrected chi connectivity index (χ2v) is 15.2. The summed E-state index contributed by atoms with van der Waals surface area (Å²) in [5.41, 5.74) is 2.71. The third-order valence-electron chi connectivity index (χ3n) is 11.0. The number of hydrogen-bond donors (Lipinski definition) is 6. The number of rotatable bonds is 13. The van der Waals surface area contributed by atoms with Crippen LogP contribution >= 0.6 is 0 Å². The minimum atomic E-state index is -0.928. The Morgan fingerprint density at radius 2 is 1.77 bits per heavy atom. The minimum Gasteiger partial charge on any atom is -0.508 e. The van der Waals surface area contributed by atoms with Crippen LogP contribution in [0.3, 0.4) is 0 Å². The molecule has 4 aromatic rings. The van der Waals surface area contributed by atoms with Gasteiger partial charge in [-0.05, 0) is 48.2 Å². The van der Waals surface area contributed by atoms with E-state index in [2.05, 4.69) is 31.1 Å². The highest BCUT2D eigenvalue weighted by molar-refractivity contribution is 6.09. The minimum absolute atomic E-state index is 0.0561. The standard InChI is InChI=1S/C42H45FN10O8/c1-4-6-34(39(58)46-22-54)52-21-29-26(40(52)59)7-5-8-31(29)47-38(57)32-18-45-33(19-44-32)41(60)51-13-11-50(12-14-51)20-24-9-10-25(15-30(24)43)53-37(48-49-42(53)61)28-16-27(23(2)3)35(55)17-36(28)56/h5,7-10,15-19,22-23,32,34,44,55-56H,4,6,11-14,20-21H2,1-3H3,(H,47,57)(H,49,61)(H,46,54,58). The van der Waals surface area contributed by atoms with Crippen LogP contribution in [0.15, 0.2) is 65.4 Å². The lowest BCUT2D eigenvalue weighted by Crippen LogP contribution is -2.49. The van der Waals surface area contributed by atoms with Crippen molar-refractivity contribution in [2.75, 3.05) is 31.5 Å². The lowest BCUT2D eigenvalue weighted by molar-refractivity contribution is -0.130. The van der Waals surface area contributed by atoms with Crippen LogP contribution in [-0.4, -0.2) is 119 Å². The number of anilines is 1. The predicted molar refractivity (Wildman–Crippen MR) is 219 cm³/mol. The topological polar surface area (TPSA) is 235 Å². The fourth-order valence-electron chi connectivity index (χ4n) is 7.69. The van der Waals surface area contributed by atoms with Crippen molar-refractivity contribution in [2.45, 2.75) is 64.7 Å². The van der Waals surface area contributed by atoms with Crippen LogP contribution in [0.4, 0.5) is 10.1 Å². The highest BCUT2D eigenvalue weighted by Gasteiger charge is 2.37. The smallest absolute Gasteiger partial charge is 0.319 e. The molecule has 4 heterocycles. The van der Waals surface area contributed by atoms with Crippen molar-refractivity contribution in [2.24, 2.45) is 4.99 Å². The van der Waals surface area contributed by atoms with Gasteiger partial charge in [0.25, 0.3) is 17.7 Å². The number of carbonyl (C=O) groups excluding carboxylic acids is 5. The zero-order valence-corrected chi connectivity index (χ0v) is 33.6.